The van der Waals surface area contributed by atoms with E-state index in [-0.39, 0.29) is 5.56 Å². The van der Waals surface area contributed by atoms with Crippen molar-refractivity contribution in [3.63, 3.8) is 0 Å². The molecule has 0 bridgehead atoms. The second kappa shape index (κ2) is 5.80. The van der Waals surface area contributed by atoms with Gasteiger partial charge >= 0.3 is 12.4 Å². The van der Waals surface area contributed by atoms with E-state index in [1.807, 2.05) is 5.32 Å². The molecule has 11 heteroatoms. The molecular formula is C13H8F7N3O. The van der Waals surface area contributed by atoms with Crippen LogP contribution in [0.15, 0.2) is 24.3 Å². The Hall–Kier alpha value is -2.59. The minimum atomic E-state index is -5.06. The van der Waals surface area contributed by atoms with Gasteiger partial charge in [-0.1, -0.05) is 0 Å². The molecule has 0 saturated carbocycles. The molecule has 0 aliphatic rings. The standard InChI is InChI=1S/C13H8F7N3O/c1-23-10(8(14)9(22-23)13(18,19)20)21-11(24)6-2-4-7(5-3-6)12(15,16)17/h2-5H,1H3,(H,21,24). The van der Waals surface area contributed by atoms with Gasteiger partial charge in [0.15, 0.2) is 11.6 Å². The first-order valence-corrected chi connectivity index (χ1v) is 6.19. The highest BCUT2D eigenvalue weighted by atomic mass is 19.4. The van der Waals surface area contributed by atoms with E-state index in [9.17, 15) is 35.5 Å². The maximum atomic E-state index is 13.7. The minimum absolute atomic E-state index is 0.294. The molecule has 0 aliphatic heterocycles. The van der Waals surface area contributed by atoms with Crippen molar-refractivity contribution >= 4 is 11.7 Å². The number of benzene rings is 1. The average molecular weight is 355 g/mol. The predicted molar refractivity (Wildman–Crippen MR) is 67.6 cm³/mol. The number of aromatic nitrogens is 2. The van der Waals surface area contributed by atoms with Crippen molar-refractivity contribution < 1.29 is 35.5 Å². The Morgan fingerprint density at radius 3 is 2.00 bits per heavy atom. The van der Waals surface area contributed by atoms with Crippen molar-refractivity contribution in [1.29, 1.82) is 0 Å². The van der Waals surface area contributed by atoms with E-state index in [1.54, 1.807) is 0 Å². The number of nitrogens with zero attached hydrogens (tertiary/aromatic N) is 2. The molecule has 4 nitrogen and oxygen atoms in total. The van der Waals surface area contributed by atoms with Crippen molar-refractivity contribution in [1.82, 2.24) is 9.78 Å². The van der Waals surface area contributed by atoms with E-state index in [4.69, 9.17) is 0 Å². The number of amides is 1. The summed E-state index contributed by atoms with van der Waals surface area (Å²) in [6.07, 6.45) is -9.66. The van der Waals surface area contributed by atoms with Crippen LogP contribution in [0, 0.1) is 5.82 Å². The Balaban J connectivity index is 2.26. The minimum Gasteiger partial charge on any atom is -0.304 e. The summed E-state index contributed by atoms with van der Waals surface area (Å²) in [5.74, 6) is -3.73. The molecule has 1 aromatic carbocycles. The van der Waals surface area contributed by atoms with Crippen LogP contribution >= 0.6 is 0 Å². The number of alkyl halides is 6. The highest BCUT2D eigenvalue weighted by Crippen LogP contribution is 2.33. The molecule has 0 fully saturated rings. The van der Waals surface area contributed by atoms with E-state index < -0.39 is 41.2 Å². The zero-order valence-electron chi connectivity index (χ0n) is 11.8. The molecule has 0 unspecified atom stereocenters. The monoisotopic (exact) mass is 355 g/mol. The second-order valence-corrected chi connectivity index (χ2v) is 4.66. The molecule has 1 N–H and O–H groups in total. The van der Waals surface area contributed by atoms with Gasteiger partial charge in [0.1, 0.15) is 0 Å². The van der Waals surface area contributed by atoms with Crippen molar-refractivity contribution in [2.24, 2.45) is 7.05 Å². The first-order chi connectivity index (χ1) is 10.9. The van der Waals surface area contributed by atoms with Crippen LogP contribution in [0.2, 0.25) is 0 Å². The highest BCUT2D eigenvalue weighted by Gasteiger charge is 2.40. The number of carbonyl (C=O) groups is 1. The number of hydrogen-bond donors (Lipinski definition) is 1. The van der Waals surface area contributed by atoms with Gasteiger partial charge in [-0.25, -0.2) is 9.07 Å². The van der Waals surface area contributed by atoms with Gasteiger partial charge in [-0.3, -0.25) is 4.79 Å². The van der Waals surface area contributed by atoms with Crippen LogP contribution in [0.4, 0.5) is 36.6 Å². The summed E-state index contributed by atoms with van der Waals surface area (Å²) >= 11 is 0. The third-order valence-corrected chi connectivity index (χ3v) is 2.96. The van der Waals surface area contributed by atoms with Gasteiger partial charge in [-0.05, 0) is 24.3 Å². The SMILES string of the molecule is Cn1nc(C(F)(F)F)c(F)c1NC(=O)c1ccc(C(F)(F)F)cc1. The van der Waals surface area contributed by atoms with Crippen molar-refractivity contribution in [2.45, 2.75) is 12.4 Å². The highest BCUT2D eigenvalue weighted by molar-refractivity contribution is 6.03. The molecule has 0 radical (unpaired) electrons. The molecule has 1 aromatic heterocycles. The number of nitrogens with one attached hydrogen (secondary N) is 1. The molecule has 1 amide bonds. The number of halogens is 7. The zero-order valence-corrected chi connectivity index (χ0v) is 11.8. The van der Waals surface area contributed by atoms with E-state index in [2.05, 4.69) is 5.10 Å². The maximum Gasteiger partial charge on any atom is 0.438 e. The number of hydrogen-bond acceptors (Lipinski definition) is 2. The molecule has 2 rings (SSSR count). The zero-order chi connectivity index (χ0) is 18.3. The lowest BCUT2D eigenvalue weighted by atomic mass is 10.1. The number of anilines is 1. The Labute approximate surface area is 129 Å². The van der Waals surface area contributed by atoms with Gasteiger partial charge in [-0.2, -0.15) is 31.4 Å². The van der Waals surface area contributed by atoms with Crippen molar-refractivity contribution in [3.8, 4) is 0 Å². The third-order valence-electron chi connectivity index (χ3n) is 2.96. The number of aryl methyl sites for hydroxylation is 1. The summed E-state index contributed by atoms with van der Waals surface area (Å²) < 4.78 is 89.0. The van der Waals surface area contributed by atoms with Crippen LogP contribution in [0.1, 0.15) is 21.6 Å². The Bertz CT molecular complexity index is 760. The van der Waals surface area contributed by atoms with Crippen LogP contribution in [0.25, 0.3) is 0 Å². The lowest BCUT2D eigenvalue weighted by Crippen LogP contribution is -2.16. The molecule has 2 aromatic rings. The normalized spacial score (nSPS) is 12.3. The summed E-state index contributed by atoms with van der Waals surface area (Å²) in [6.45, 7) is 0. The Morgan fingerprint density at radius 1 is 1.04 bits per heavy atom. The topological polar surface area (TPSA) is 46.9 Å². The third kappa shape index (κ3) is 3.49. The average Bonchev–Trinajstić information content (AvgIpc) is 2.74. The Kier molecular flexibility index (Phi) is 4.29. The van der Waals surface area contributed by atoms with Crippen LogP contribution in [-0.4, -0.2) is 15.7 Å². The molecule has 0 spiro atoms. The van der Waals surface area contributed by atoms with Crippen LogP contribution < -0.4 is 5.32 Å². The largest absolute Gasteiger partial charge is 0.438 e. The van der Waals surface area contributed by atoms with Gasteiger partial charge in [0.05, 0.1) is 5.56 Å². The molecule has 0 atom stereocenters. The van der Waals surface area contributed by atoms with Gasteiger partial charge in [0.2, 0.25) is 5.69 Å². The van der Waals surface area contributed by atoms with E-state index >= 15 is 0 Å². The summed E-state index contributed by atoms with van der Waals surface area (Å²) in [6, 6.07) is 2.87. The first-order valence-electron chi connectivity index (χ1n) is 6.19. The van der Waals surface area contributed by atoms with Crippen LogP contribution in [0.3, 0.4) is 0 Å². The fourth-order valence-corrected chi connectivity index (χ4v) is 1.81. The van der Waals surface area contributed by atoms with E-state index in [0.717, 1.165) is 19.2 Å². The molecule has 0 aliphatic carbocycles. The molecular weight excluding hydrogens is 347 g/mol. The summed E-state index contributed by atoms with van der Waals surface area (Å²) in [5.41, 5.74) is -3.12. The van der Waals surface area contributed by atoms with Gasteiger partial charge in [0, 0.05) is 12.6 Å². The van der Waals surface area contributed by atoms with Crippen LogP contribution in [0.5, 0.6) is 0 Å². The maximum absolute atomic E-state index is 13.7. The fourth-order valence-electron chi connectivity index (χ4n) is 1.81. The van der Waals surface area contributed by atoms with Crippen LogP contribution in [-0.2, 0) is 19.4 Å². The second-order valence-electron chi connectivity index (χ2n) is 4.66. The molecule has 130 valence electrons. The summed E-state index contributed by atoms with van der Waals surface area (Å²) in [4.78, 5) is 11.9. The lowest BCUT2D eigenvalue weighted by Gasteiger charge is -2.08. The molecule has 0 saturated heterocycles. The predicted octanol–water partition coefficient (Wildman–Crippen LogP) is 3.85. The summed E-state index contributed by atoms with van der Waals surface area (Å²) in [7, 11) is 0.973. The van der Waals surface area contributed by atoms with Gasteiger partial charge < -0.3 is 5.32 Å². The first kappa shape index (κ1) is 17.8. The van der Waals surface area contributed by atoms with Gasteiger partial charge in [0.25, 0.3) is 5.91 Å². The number of rotatable bonds is 2. The summed E-state index contributed by atoms with van der Waals surface area (Å²) in [5, 5.41) is 4.78. The molecule has 24 heavy (non-hydrogen) atoms. The van der Waals surface area contributed by atoms with E-state index in [0.29, 0.717) is 16.8 Å². The Morgan fingerprint density at radius 2 is 1.58 bits per heavy atom. The van der Waals surface area contributed by atoms with Crippen molar-refractivity contribution in [2.75, 3.05) is 5.32 Å². The van der Waals surface area contributed by atoms with E-state index in [1.165, 1.54) is 0 Å². The van der Waals surface area contributed by atoms with Crippen molar-refractivity contribution in [3.05, 3.63) is 46.9 Å². The van der Waals surface area contributed by atoms with Gasteiger partial charge in [-0.15, -0.1) is 0 Å². The smallest absolute Gasteiger partial charge is 0.304 e. The fraction of sp³-hybridized carbons (Fsp3) is 0.231. The lowest BCUT2D eigenvalue weighted by molar-refractivity contribution is -0.143. The quantitative estimate of drug-likeness (QED) is 0.832. The molecule has 1 heterocycles. The number of carbonyl (C=O) groups excluding carboxylic acids is 1.